The van der Waals surface area contributed by atoms with Crippen LogP contribution in [0.15, 0.2) is 18.2 Å². The number of rotatable bonds is 5. The maximum Gasteiger partial charge on any atom is 0.292 e. The first-order valence-electron chi connectivity index (χ1n) is 7.26. The first-order chi connectivity index (χ1) is 9.97. The number of anilines is 1. The molecule has 1 aliphatic rings. The number of hydrogen-bond acceptors (Lipinski definition) is 5. The van der Waals surface area contributed by atoms with Crippen LogP contribution >= 0.6 is 0 Å². The van der Waals surface area contributed by atoms with E-state index in [1.807, 2.05) is 6.07 Å². The second-order valence-corrected chi connectivity index (χ2v) is 6.14. The molecule has 21 heavy (non-hydrogen) atoms. The van der Waals surface area contributed by atoms with Gasteiger partial charge in [-0.1, -0.05) is 13.0 Å². The van der Waals surface area contributed by atoms with Gasteiger partial charge in [-0.15, -0.1) is 0 Å². The Bertz CT molecular complexity index is 521. The highest BCUT2D eigenvalue weighted by Crippen LogP contribution is 2.31. The van der Waals surface area contributed by atoms with Crippen molar-refractivity contribution in [3.05, 3.63) is 33.9 Å². The summed E-state index contributed by atoms with van der Waals surface area (Å²) in [5.41, 5.74) is 1.51. The molecule has 6 nitrogen and oxygen atoms in total. The van der Waals surface area contributed by atoms with Crippen LogP contribution in [-0.4, -0.2) is 41.7 Å². The second kappa shape index (κ2) is 6.41. The minimum Gasteiger partial charge on any atom is -0.396 e. The van der Waals surface area contributed by atoms with Crippen molar-refractivity contribution in [2.75, 3.05) is 32.1 Å². The number of benzene rings is 1. The Labute approximate surface area is 124 Å². The Morgan fingerprint density at radius 3 is 2.90 bits per heavy atom. The molecular formula is C15H23N3O3. The molecule has 1 unspecified atom stereocenters. The lowest BCUT2D eigenvalue weighted by atomic mass is 9.82. The van der Waals surface area contributed by atoms with Crippen molar-refractivity contribution in [2.24, 2.45) is 5.41 Å². The molecule has 6 heteroatoms. The normalized spacial score (nSPS) is 23.0. The number of piperidine rings is 1. The molecule has 0 bridgehead atoms. The minimum atomic E-state index is -0.358. The minimum absolute atomic E-state index is 0.0604. The SMILES string of the molecule is CNc1ccc(CN2CCCC(C)(CO)C2)cc1[N+](=O)[O-]. The third-order valence-corrected chi connectivity index (χ3v) is 4.18. The van der Waals surface area contributed by atoms with Crippen LogP contribution in [0.2, 0.25) is 0 Å². The van der Waals surface area contributed by atoms with Gasteiger partial charge in [0.2, 0.25) is 0 Å². The summed E-state index contributed by atoms with van der Waals surface area (Å²) in [6, 6.07) is 5.31. The third kappa shape index (κ3) is 3.71. The van der Waals surface area contributed by atoms with E-state index >= 15 is 0 Å². The third-order valence-electron chi connectivity index (χ3n) is 4.18. The standard InChI is InChI=1S/C15H23N3O3/c1-15(11-19)6-3-7-17(10-15)9-12-4-5-13(16-2)14(8-12)18(20)21/h4-5,8,16,19H,3,6-7,9-11H2,1-2H3. The van der Waals surface area contributed by atoms with Crippen LogP contribution in [0.25, 0.3) is 0 Å². The summed E-state index contributed by atoms with van der Waals surface area (Å²) in [5, 5.41) is 23.4. The van der Waals surface area contributed by atoms with Crippen LogP contribution in [0.5, 0.6) is 0 Å². The monoisotopic (exact) mass is 293 g/mol. The highest BCUT2D eigenvalue weighted by atomic mass is 16.6. The summed E-state index contributed by atoms with van der Waals surface area (Å²) in [6.07, 6.45) is 2.08. The van der Waals surface area contributed by atoms with Crippen molar-refractivity contribution in [1.82, 2.24) is 4.90 Å². The predicted molar refractivity (Wildman–Crippen MR) is 82.3 cm³/mol. The molecule has 0 aromatic heterocycles. The number of aliphatic hydroxyl groups excluding tert-OH is 1. The number of hydrogen-bond donors (Lipinski definition) is 2. The zero-order valence-corrected chi connectivity index (χ0v) is 12.6. The number of nitrogens with zero attached hydrogens (tertiary/aromatic N) is 2. The number of nitro groups is 1. The first-order valence-corrected chi connectivity index (χ1v) is 7.26. The molecule has 2 rings (SSSR count). The van der Waals surface area contributed by atoms with Gasteiger partial charge in [-0.2, -0.15) is 0 Å². The topological polar surface area (TPSA) is 78.6 Å². The van der Waals surface area contributed by atoms with Gasteiger partial charge in [0.25, 0.3) is 5.69 Å². The fourth-order valence-electron chi connectivity index (χ4n) is 2.99. The molecule has 1 aromatic rings. The molecule has 0 saturated carbocycles. The molecule has 0 radical (unpaired) electrons. The Morgan fingerprint density at radius 1 is 1.52 bits per heavy atom. The molecule has 1 atom stereocenters. The van der Waals surface area contributed by atoms with E-state index in [9.17, 15) is 15.2 Å². The van der Waals surface area contributed by atoms with Gasteiger partial charge in [-0.25, -0.2) is 0 Å². The van der Waals surface area contributed by atoms with E-state index in [-0.39, 0.29) is 22.6 Å². The van der Waals surface area contributed by atoms with Gasteiger partial charge >= 0.3 is 0 Å². The van der Waals surface area contributed by atoms with Gasteiger partial charge in [-0.3, -0.25) is 15.0 Å². The number of nitrogens with one attached hydrogen (secondary N) is 1. The van der Waals surface area contributed by atoms with Crippen LogP contribution in [0.1, 0.15) is 25.3 Å². The summed E-state index contributed by atoms with van der Waals surface area (Å²) < 4.78 is 0. The summed E-state index contributed by atoms with van der Waals surface area (Å²) >= 11 is 0. The van der Waals surface area contributed by atoms with E-state index in [4.69, 9.17) is 0 Å². The maximum atomic E-state index is 11.1. The van der Waals surface area contributed by atoms with E-state index in [0.717, 1.165) is 31.5 Å². The quantitative estimate of drug-likeness (QED) is 0.643. The van der Waals surface area contributed by atoms with Gasteiger partial charge in [-0.05, 0) is 31.0 Å². The molecular weight excluding hydrogens is 270 g/mol. The molecule has 0 aliphatic carbocycles. The van der Waals surface area contributed by atoms with Crippen molar-refractivity contribution >= 4 is 11.4 Å². The highest BCUT2D eigenvalue weighted by molar-refractivity contribution is 5.62. The van der Waals surface area contributed by atoms with Crippen LogP contribution < -0.4 is 5.32 Å². The molecule has 1 saturated heterocycles. The summed E-state index contributed by atoms with van der Waals surface area (Å²) in [7, 11) is 1.68. The van der Waals surface area contributed by atoms with Crippen molar-refractivity contribution in [3.63, 3.8) is 0 Å². The zero-order valence-electron chi connectivity index (χ0n) is 12.6. The van der Waals surface area contributed by atoms with Crippen molar-refractivity contribution in [1.29, 1.82) is 0 Å². The average molecular weight is 293 g/mol. The second-order valence-electron chi connectivity index (χ2n) is 6.14. The number of aliphatic hydroxyl groups is 1. The van der Waals surface area contributed by atoms with E-state index in [0.29, 0.717) is 12.2 Å². The lowest BCUT2D eigenvalue weighted by Crippen LogP contribution is -2.43. The van der Waals surface area contributed by atoms with Crippen molar-refractivity contribution < 1.29 is 10.0 Å². The van der Waals surface area contributed by atoms with E-state index in [2.05, 4.69) is 17.1 Å². The fraction of sp³-hybridized carbons (Fsp3) is 0.600. The van der Waals surface area contributed by atoms with Crippen LogP contribution in [-0.2, 0) is 6.54 Å². The molecule has 1 fully saturated rings. The van der Waals surface area contributed by atoms with Gasteiger partial charge in [0, 0.05) is 38.2 Å². The Hall–Kier alpha value is -1.66. The van der Waals surface area contributed by atoms with Gasteiger partial charge < -0.3 is 10.4 Å². The lowest BCUT2D eigenvalue weighted by molar-refractivity contribution is -0.384. The highest BCUT2D eigenvalue weighted by Gasteiger charge is 2.30. The molecule has 1 heterocycles. The van der Waals surface area contributed by atoms with Crippen molar-refractivity contribution in [3.8, 4) is 0 Å². The average Bonchev–Trinajstić information content (AvgIpc) is 2.47. The number of likely N-dealkylation sites (tertiary alicyclic amines) is 1. The van der Waals surface area contributed by atoms with Gasteiger partial charge in [0.1, 0.15) is 5.69 Å². The van der Waals surface area contributed by atoms with E-state index in [1.165, 1.54) is 0 Å². The largest absolute Gasteiger partial charge is 0.396 e. The Morgan fingerprint density at radius 2 is 2.29 bits per heavy atom. The molecule has 116 valence electrons. The molecule has 1 aromatic carbocycles. The van der Waals surface area contributed by atoms with E-state index < -0.39 is 0 Å². The molecule has 1 aliphatic heterocycles. The van der Waals surface area contributed by atoms with Crippen molar-refractivity contribution in [2.45, 2.75) is 26.3 Å². The lowest BCUT2D eigenvalue weighted by Gasteiger charge is -2.39. The van der Waals surface area contributed by atoms with Crippen LogP contribution in [0, 0.1) is 15.5 Å². The first kappa shape index (κ1) is 15.7. The summed E-state index contributed by atoms with van der Waals surface area (Å²) in [4.78, 5) is 13.0. The fourth-order valence-corrected chi connectivity index (χ4v) is 2.99. The Balaban J connectivity index is 2.12. The van der Waals surface area contributed by atoms with Crippen LogP contribution in [0.4, 0.5) is 11.4 Å². The maximum absolute atomic E-state index is 11.1. The molecule has 0 amide bonds. The summed E-state index contributed by atoms with van der Waals surface area (Å²) in [6.45, 7) is 4.75. The summed E-state index contributed by atoms with van der Waals surface area (Å²) in [5.74, 6) is 0. The van der Waals surface area contributed by atoms with Crippen LogP contribution in [0.3, 0.4) is 0 Å². The molecule has 0 spiro atoms. The van der Waals surface area contributed by atoms with Gasteiger partial charge in [0.05, 0.1) is 4.92 Å². The predicted octanol–water partition coefficient (Wildman–Crippen LogP) is 2.23. The van der Waals surface area contributed by atoms with Gasteiger partial charge in [0.15, 0.2) is 0 Å². The smallest absolute Gasteiger partial charge is 0.292 e. The number of nitro benzene ring substituents is 1. The van der Waals surface area contributed by atoms with E-state index in [1.54, 1.807) is 19.2 Å². The molecule has 2 N–H and O–H groups in total. The Kier molecular flexibility index (Phi) is 4.80. The zero-order chi connectivity index (χ0) is 15.5.